The van der Waals surface area contributed by atoms with Gasteiger partial charge in [-0.1, -0.05) is 20.8 Å². The summed E-state index contributed by atoms with van der Waals surface area (Å²) in [5, 5.41) is 6.34. The first-order valence-electron chi connectivity index (χ1n) is 5.58. The van der Waals surface area contributed by atoms with Crippen LogP contribution in [-0.2, 0) is 4.79 Å². The van der Waals surface area contributed by atoms with Crippen LogP contribution in [-0.4, -0.2) is 17.4 Å². The topological polar surface area (TPSA) is 72.2 Å². The highest BCUT2D eigenvalue weighted by molar-refractivity contribution is 7.08. The zero-order chi connectivity index (χ0) is 13.1. The third-order valence-corrected chi connectivity index (χ3v) is 3.79. The molecule has 2 amide bonds. The summed E-state index contributed by atoms with van der Waals surface area (Å²) in [6, 6.07) is 1.72. The fourth-order valence-corrected chi connectivity index (χ4v) is 2.47. The second-order valence-electron chi connectivity index (χ2n) is 4.31. The Kier molecular flexibility index (Phi) is 4.28. The van der Waals surface area contributed by atoms with Crippen molar-refractivity contribution in [1.29, 1.82) is 0 Å². The molecule has 1 atom stereocenters. The largest absolute Gasteiger partial charge is 0.368 e. The van der Waals surface area contributed by atoms with Gasteiger partial charge < -0.3 is 11.1 Å². The van der Waals surface area contributed by atoms with Crippen LogP contribution in [0.2, 0.25) is 0 Å². The fourth-order valence-electron chi connectivity index (χ4n) is 1.83. The molecule has 0 bridgehead atoms. The van der Waals surface area contributed by atoms with E-state index in [1.54, 1.807) is 11.4 Å². The van der Waals surface area contributed by atoms with Crippen LogP contribution in [0, 0.1) is 5.92 Å². The molecule has 1 unspecified atom stereocenters. The molecule has 17 heavy (non-hydrogen) atoms. The number of amides is 2. The maximum Gasteiger partial charge on any atom is 0.252 e. The third kappa shape index (κ3) is 2.66. The highest BCUT2D eigenvalue weighted by Gasteiger charge is 2.39. The Morgan fingerprint density at radius 1 is 1.53 bits per heavy atom. The number of carbonyl (C=O) groups is 2. The van der Waals surface area contributed by atoms with Crippen LogP contribution >= 0.6 is 11.3 Å². The maximum absolute atomic E-state index is 12.0. The number of hydrogen-bond acceptors (Lipinski definition) is 3. The van der Waals surface area contributed by atoms with Crippen LogP contribution in [0.1, 0.15) is 37.6 Å². The standard InChI is InChI=1S/C12H18N2O2S/c1-4-12(8(2)3,11(13)16)14-10(15)9-5-6-17-7-9/h5-8H,4H2,1-3H3,(H2,13,16)(H,14,15). The van der Waals surface area contributed by atoms with Crippen molar-refractivity contribution in [3.63, 3.8) is 0 Å². The molecule has 1 aromatic heterocycles. The first kappa shape index (κ1) is 13.7. The Labute approximate surface area is 105 Å². The minimum Gasteiger partial charge on any atom is -0.368 e. The molecule has 0 aromatic carbocycles. The van der Waals surface area contributed by atoms with Gasteiger partial charge in [0.25, 0.3) is 5.91 Å². The Balaban J connectivity index is 2.95. The second kappa shape index (κ2) is 5.31. The summed E-state index contributed by atoms with van der Waals surface area (Å²) in [6.07, 6.45) is 0.482. The number of nitrogens with two attached hydrogens (primary N) is 1. The molecule has 94 valence electrons. The molecule has 0 aliphatic carbocycles. The van der Waals surface area contributed by atoms with E-state index in [1.807, 2.05) is 26.2 Å². The maximum atomic E-state index is 12.0. The van der Waals surface area contributed by atoms with Crippen molar-refractivity contribution in [2.45, 2.75) is 32.7 Å². The van der Waals surface area contributed by atoms with E-state index in [-0.39, 0.29) is 11.8 Å². The predicted octanol–water partition coefficient (Wildman–Crippen LogP) is 1.77. The van der Waals surface area contributed by atoms with Crippen molar-refractivity contribution < 1.29 is 9.59 Å². The van der Waals surface area contributed by atoms with Gasteiger partial charge in [-0.15, -0.1) is 0 Å². The molecular weight excluding hydrogens is 236 g/mol. The summed E-state index contributed by atoms with van der Waals surface area (Å²) in [7, 11) is 0. The van der Waals surface area contributed by atoms with Gasteiger partial charge in [0, 0.05) is 5.38 Å². The Bertz CT molecular complexity index is 401. The van der Waals surface area contributed by atoms with Gasteiger partial charge in [0.1, 0.15) is 5.54 Å². The van der Waals surface area contributed by atoms with Crippen LogP contribution in [0.25, 0.3) is 0 Å². The highest BCUT2D eigenvalue weighted by atomic mass is 32.1. The van der Waals surface area contributed by atoms with Gasteiger partial charge >= 0.3 is 0 Å². The molecule has 1 aromatic rings. The first-order valence-corrected chi connectivity index (χ1v) is 6.53. The number of nitrogens with one attached hydrogen (secondary N) is 1. The molecule has 5 heteroatoms. The van der Waals surface area contributed by atoms with Gasteiger partial charge in [0.15, 0.2) is 0 Å². The van der Waals surface area contributed by atoms with E-state index in [4.69, 9.17) is 5.73 Å². The number of thiophene rings is 1. The van der Waals surface area contributed by atoms with E-state index in [1.165, 1.54) is 11.3 Å². The molecule has 0 radical (unpaired) electrons. The lowest BCUT2D eigenvalue weighted by Crippen LogP contribution is -2.60. The molecule has 1 rings (SSSR count). The molecule has 4 nitrogen and oxygen atoms in total. The first-order chi connectivity index (χ1) is 7.94. The molecule has 0 aliphatic heterocycles. The summed E-state index contributed by atoms with van der Waals surface area (Å²) in [5.74, 6) is -0.785. The average molecular weight is 254 g/mol. The third-order valence-electron chi connectivity index (χ3n) is 3.10. The minimum atomic E-state index is -0.973. The lowest BCUT2D eigenvalue weighted by Gasteiger charge is -2.34. The van der Waals surface area contributed by atoms with Gasteiger partial charge in [0.2, 0.25) is 5.91 Å². The van der Waals surface area contributed by atoms with Crippen molar-refractivity contribution in [2.24, 2.45) is 11.7 Å². The fraction of sp³-hybridized carbons (Fsp3) is 0.500. The van der Waals surface area contributed by atoms with Gasteiger partial charge in [-0.25, -0.2) is 0 Å². The molecule has 0 spiro atoms. The van der Waals surface area contributed by atoms with Gasteiger partial charge in [0.05, 0.1) is 5.56 Å². The summed E-state index contributed by atoms with van der Waals surface area (Å²) >= 11 is 1.44. The lowest BCUT2D eigenvalue weighted by molar-refractivity contribution is -0.126. The zero-order valence-corrected chi connectivity index (χ0v) is 11.1. The quantitative estimate of drug-likeness (QED) is 0.840. The average Bonchev–Trinajstić information content (AvgIpc) is 2.77. The normalized spacial score (nSPS) is 14.4. The number of hydrogen-bond donors (Lipinski definition) is 2. The van der Waals surface area contributed by atoms with E-state index in [0.29, 0.717) is 12.0 Å². The summed E-state index contributed by atoms with van der Waals surface area (Å²) in [6.45, 7) is 5.60. The number of rotatable bonds is 5. The molecule has 0 saturated carbocycles. The highest BCUT2D eigenvalue weighted by Crippen LogP contribution is 2.22. The van der Waals surface area contributed by atoms with Crippen molar-refractivity contribution in [2.75, 3.05) is 0 Å². The second-order valence-corrected chi connectivity index (χ2v) is 5.09. The molecule has 3 N–H and O–H groups in total. The Morgan fingerprint density at radius 3 is 2.53 bits per heavy atom. The summed E-state index contributed by atoms with van der Waals surface area (Å²) in [5.41, 5.74) is 5.03. The van der Waals surface area contributed by atoms with Gasteiger partial charge in [-0.3, -0.25) is 9.59 Å². The van der Waals surface area contributed by atoms with Crippen molar-refractivity contribution >= 4 is 23.2 Å². The predicted molar refractivity (Wildman–Crippen MR) is 68.8 cm³/mol. The van der Waals surface area contributed by atoms with Crippen LogP contribution in [0.15, 0.2) is 16.8 Å². The van der Waals surface area contributed by atoms with Gasteiger partial charge in [-0.2, -0.15) is 11.3 Å². The molecule has 1 heterocycles. The number of primary amides is 1. The smallest absolute Gasteiger partial charge is 0.252 e. The molecular formula is C12H18N2O2S. The summed E-state index contributed by atoms with van der Waals surface area (Å²) in [4.78, 5) is 23.6. The van der Waals surface area contributed by atoms with Crippen LogP contribution in [0.3, 0.4) is 0 Å². The van der Waals surface area contributed by atoms with E-state index >= 15 is 0 Å². The zero-order valence-electron chi connectivity index (χ0n) is 10.3. The minimum absolute atomic E-state index is 0.0485. The van der Waals surface area contributed by atoms with E-state index in [9.17, 15) is 9.59 Å². The Morgan fingerprint density at radius 2 is 2.18 bits per heavy atom. The van der Waals surface area contributed by atoms with Crippen LogP contribution < -0.4 is 11.1 Å². The monoisotopic (exact) mass is 254 g/mol. The molecule has 0 aliphatic rings. The van der Waals surface area contributed by atoms with Gasteiger partial charge in [-0.05, 0) is 23.8 Å². The lowest BCUT2D eigenvalue weighted by atomic mass is 9.83. The SMILES string of the molecule is CCC(NC(=O)c1ccsc1)(C(N)=O)C(C)C. The van der Waals surface area contributed by atoms with Crippen molar-refractivity contribution in [3.8, 4) is 0 Å². The van der Waals surface area contributed by atoms with Crippen molar-refractivity contribution in [3.05, 3.63) is 22.4 Å². The molecule has 0 fully saturated rings. The van der Waals surface area contributed by atoms with Crippen molar-refractivity contribution in [1.82, 2.24) is 5.32 Å². The molecule has 0 saturated heterocycles. The van der Waals surface area contributed by atoms with E-state index < -0.39 is 11.4 Å². The van der Waals surface area contributed by atoms with E-state index in [2.05, 4.69) is 5.32 Å². The van der Waals surface area contributed by atoms with Crippen LogP contribution in [0.5, 0.6) is 0 Å². The van der Waals surface area contributed by atoms with Crippen LogP contribution in [0.4, 0.5) is 0 Å². The Hall–Kier alpha value is -1.36. The summed E-state index contributed by atoms with van der Waals surface area (Å²) < 4.78 is 0. The van der Waals surface area contributed by atoms with E-state index in [0.717, 1.165) is 0 Å². The number of carbonyl (C=O) groups excluding carboxylic acids is 2.